The lowest BCUT2D eigenvalue weighted by molar-refractivity contribution is -0.117. The van der Waals surface area contributed by atoms with Crippen molar-refractivity contribution in [2.45, 2.75) is 92.4 Å². The Kier molecular flexibility index (Phi) is 5.97. The van der Waals surface area contributed by atoms with Crippen LogP contribution in [-0.2, 0) is 4.79 Å². The minimum absolute atomic E-state index is 0.290. The third-order valence-corrected chi connectivity index (χ3v) is 10.3. The van der Waals surface area contributed by atoms with E-state index in [-0.39, 0.29) is 0 Å². The van der Waals surface area contributed by atoms with Crippen LogP contribution in [0.25, 0.3) is 0 Å². The lowest BCUT2D eigenvalue weighted by Crippen LogP contribution is -2.50. The first-order chi connectivity index (χ1) is 14.2. The van der Waals surface area contributed by atoms with Crippen molar-refractivity contribution in [1.29, 1.82) is 0 Å². The van der Waals surface area contributed by atoms with Gasteiger partial charge in [0.05, 0.1) is 0 Å². The molecule has 3 saturated carbocycles. The highest BCUT2D eigenvalue weighted by atomic mass is 16.1. The van der Waals surface area contributed by atoms with Crippen molar-refractivity contribution < 1.29 is 4.79 Å². The predicted molar refractivity (Wildman–Crippen MR) is 127 cm³/mol. The van der Waals surface area contributed by atoms with Crippen LogP contribution in [0.3, 0.4) is 0 Å². The average Bonchev–Trinajstić information content (AvgIpc) is 3.06. The first-order valence-corrected chi connectivity index (χ1v) is 12.8. The topological polar surface area (TPSA) is 17.1 Å². The highest BCUT2D eigenvalue weighted by Crippen LogP contribution is 2.67. The molecule has 3 fully saturated rings. The van der Waals surface area contributed by atoms with Gasteiger partial charge in [0, 0.05) is 6.42 Å². The van der Waals surface area contributed by atoms with Gasteiger partial charge >= 0.3 is 0 Å². The number of hydrogen-bond acceptors (Lipinski definition) is 1. The number of ketones is 1. The zero-order valence-electron chi connectivity index (χ0n) is 20.2. The molecule has 0 aliphatic heterocycles. The van der Waals surface area contributed by atoms with Crippen LogP contribution in [0.4, 0.5) is 0 Å². The largest absolute Gasteiger partial charge is 0.295 e. The van der Waals surface area contributed by atoms with Gasteiger partial charge in [0.25, 0.3) is 0 Å². The summed E-state index contributed by atoms with van der Waals surface area (Å²) in [4.78, 5) is 12.1. The zero-order valence-corrected chi connectivity index (χ0v) is 20.2. The fourth-order valence-corrected chi connectivity index (χ4v) is 8.36. The molecule has 0 N–H and O–H groups in total. The van der Waals surface area contributed by atoms with Crippen molar-refractivity contribution in [3.05, 3.63) is 36.0 Å². The maximum absolute atomic E-state index is 12.1. The second-order valence-electron chi connectivity index (χ2n) is 11.9. The molecule has 30 heavy (non-hydrogen) atoms. The second kappa shape index (κ2) is 8.10. The molecule has 166 valence electrons. The van der Waals surface area contributed by atoms with Gasteiger partial charge in [0.15, 0.2) is 5.78 Å². The summed E-state index contributed by atoms with van der Waals surface area (Å²) in [6.45, 7) is 16.7. The molecule has 0 bridgehead atoms. The lowest BCUT2D eigenvalue weighted by Gasteiger charge is -2.58. The SMILES string of the molecule is C=C(C=CC(CC)C(C)C)C1CCC2C3CCC4=CC(=O)CCC4(C)C3CCC12C. The molecule has 1 nitrogen and oxygen atoms in total. The quantitative estimate of drug-likeness (QED) is 0.422. The third-order valence-electron chi connectivity index (χ3n) is 10.3. The van der Waals surface area contributed by atoms with E-state index in [2.05, 4.69) is 53.3 Å². The van der Waals surface area contributed by atoms with Crippen LogP contribution in [0.2, 0.25) is 0 Å². The molecule has 0 heterocycles. The van der Waals surface area contributed by atoms with Gasteiger partial charge in [-0.15, -0.1) is 0 Å². The molecule has 0 aromatic rings. The molecule has 0 radical (unpaired) electrons. The summed E-state index contributed by atoms with van der Waals surface area (Å²) in [6.07, 6.45) is 17.8. The van der Waals surface area contributed by atoms with Crippen LogP contribution in [0, 0.1) is 46.3 Å². The van der Waals surface area contributed by atoms with Crippen molar-refractivity contribution in [3.63, 3.8) is 0 Å². The van der Waals surface area contributed by atoms with Crippen LogP contribution in [-0.4, -0.2) is 5.78 Å². The van der Waals surface area contributed by atoms with Crippen LogP contribution >= 0.6 is 0 Å². The second-order valence-corrected chi connectivity index (χ2v) is 11.9. The van der Waals surface area contributed by atoms with Gasteiger partial charge in [0.2, 0.25) is 0 Å². The van der Waals surface area contributed by atoms with Crippen molar-refractivity contribution in [2.75, 3.05) is 0 Å². The van der Waals surface area contributed by atoms with E-state index in [0.717, 1.165) is 37.0 Å². The van der Waals surface area contributed by atoms with Gasteiger partial charge in [0.1, 0.15) is 0 Å². The molecule has 4 rings (SSSR count). The van der Waals surface area contributed by atoms with Gasteiger partial charge in [-0.2, -0.15) is 0 Å². The molecule has 4 aliphatic carbocycles. The molecular weight excluding hydrogens is 364 g/mol. The van der Waals surface area contributed by atoms with Crippen molar-refractivity contribution >= 4 is 5.78 Å². The maximum atomic E-state index is 12.1. The number of hydrogen-bond donors (Lipinski definition) is 0. The Hall–Kier alpha value is -1.11. The Bertz CT molecular complexity index is 754. The molecule has 7 unspecified atom stereocenters. The summed E-state index contributed by atoms with van der Waals surface area (Å²) in [7, 11) is 0. The first kappa shape index (κ1) is 22.1. The maximum Gasteiger partial charge on any atom is 0.155 e. The number of carbonyl (C=O) groups is 1. The van der Waals surface area contributed by atoms with E-state index in [1.807, 2.05) is 6.08 Å². The van der Waals surface area contributed by atoms with Gasteiger partial charge < -0.3 is 0 Å². The van der Waals surface area contributed by atoms with E-state index in [0.29, 0.717) is 34.4 Å². The van der Waals surface area contributed by atoms with Crippen LogP contribution in [0.5, 0.6) is 0 Å². The molecule has 1 heteroatoms. The Morgan fingerprint density at radius 2 is 1.90 bits per heavy atom. The van der Waals surface area contributed by atoms with Crippen molar-refractivity contribution in [2.24, 2.45) is 46.3 Å². The van der Waals surface area contributed by atoms with E-state index in [9.17, 15) is 4.79 Å². The number of fused-ring (bicyclic) bond motifs is 5. The fourth-order valence-electron chi connectivity index (χ4n) is 8.36. The van der Waals surface area contributed by atoms with Gasteiger partial charge in [-0.05, 0) is 104 Å². The molecule has 0 aromatic heterocycles. The van der Waals surface area contributed by atoms with E-state index in [1.165, 1.54) is 49.7 Å². The molecular formula is C29H44O. The highest BCUT2D eigenvalue weighted by Gasteiger charge is 2.59. The summed E-state index contributed by atoms with van der Waals surface area (Å²) in [5, 5.41) is 0. The third kappa shape index (κ3) is 3.49. The van der Waals surface area contributed by atoms with Crippen molar-refractivity contribution in [1.82, 2.24) is 0 Å². The normalized spacial score (nSPS) is 41.9. The molecule has 4 aliphatic rings. The summed E-state index contributed by atoms with van der Waals surface area (Å²) < 4.78 is 0. The van der Waals surface area contributed by atoms with Crippen molar-refractivity contribution in [3.8, 4) is 0 Å². The Morgan fingerprint density at radius 3 is 2.60 bits per heavy atom. The molecule has 0 spiro atoms. The predicted octanol–water partition coefficient (Wildman–Crippen LogP) is 7.93. The zero-order chi connectivity index (χ0) is 21.7. The van der Waals surface area contributed by atoms with E-state index >= 15 is 0 Å². The average molecular weight is 409 g/mol. The number of carbonyl (C=O) groups excluding carboxylic acids is 1. The number of rotatable bonds is 5. The fraction of sp³-hybridized carbons (Fsp3) is 0.759. The summed E-state index contributed by atoms with van der Waals surface area (Å²) in [6, 6.07) is 0. The van der Waals surface area contributed by atoms with E-state index < -0.39 is 0 Å². The lowest BCUT2D eigenvalue weighted by atomic mass is 9.46. The molecule has 0 amide bonds. The Labute approximate surface area is 185 Å². The van der Waals surface area contributed by atoms with E-state index in [4.69, 9.17) is 0 Å². The van der Waals surface area contributed by atoms with Gasteiger partial charge in [-0.1, -0.05) is 64.5 Å². The van der Waals surface area contributed by atoms with E-state index in [1.54, 1.807) is 0 Å². The van der Waals surface area contributed by atoms with Gasteiger partial charge in [-0.3, -0.25) is 4.79 Å². The summed E-state index contributed by atoms with van der Waals surface area (Å²) >= 11 is 0. The molecule has 7 atom stereocenters. The monoisotopic (exact) mass is 408 g/mol. The van der Waals surface area contributed by atoms with Crippen LogP contribution < -0.4 is 0 Å². The molecule has 0 aromatic carbocycles. The van der Waals surface area contributed by atoms with Crippen LogP contribution in [0.1, 0.15) is 92.4 Å². The Balaban J connectivity index is 1.53. The first-order valence-electron chi connectivity index (χ1n) is 12.8. The molecule has 0 saturated heterocycles. The minimum Gasteiger partial charge on any atom is -0.295 e. The standard InChI is InChI=1S/C29H44O/c1-7-21(19(2)3)9-8-20(4)25-12-13-26-24-11-10-22-18-23(30)14-16-28(22,5)27(24)15-17-29(25,26)6/h8-9,18-19,21,24-27H,4,7,10-17H2,1-3,5-6H3. The smallest absolute Gasteiger partial charge is 0.155 e. The number of allylic oxidation sites excluding steroid dienone is 4. The highest BCUT2D eigenvalue weighted by molar-refractivity contribution is 5.91. The van der Waals surface area contributed by atoms with Crippen LogP contribution in [0.15, 0.2) is 36.0 Å². The Morgan fingerprint density at radius 1 is 1.13 bits per heavy atom. The summed E-state index contributed by atoms with van der Waals surface area (Å²) in [5.41, 5.74) is 3.59. The van der Waals surface area contributed by atoms with Gasteiger partial charge in [-0.25, -0.2) is 0 Å². The minimum atomic E-state index is 0.290. The summed E-state index contributed by atoms with van der Waals surface area (Å²) in [5.74, 6) is 4.87.